The average molecular weight is 196 g/mol. The Morgan fingerprint density at radius 1 is 0.933 bits per heavy atom. The van der Waals surface area contributed by atoms with E-state index in [0.717, 1.165) is 17.8 Å². The summed E-state index contributed by atoms with van der Waals surface area (Å²) in [5, 5.41) is 3.34. The predicted molar refractivity (Wildman–Crippen MR) is 64.4 cm³/mol. The van der Waals surface area contributed by atoms with Crippen molar-refractivity contribution in [1.29, 1.82) is 0 Å². The number of rotatable bonds is 3. The van der Waals surface area contributed by atoms with E-state index < -0.39 is 0 Å². The maximum Gasteiger partial charge on any atom is 0.0384 e. The molecule has 0 aromatic heterocycles. The molecule has 0 unspecified atom stereocenters. The molecule has 75 valence electrons. The van der Waals surface area contributed by atoms with Crippen LogP contribution in [0.1, 0.15) is 12.5 Å². The Hall–Kier alpha value is -1.76. The van der Waals surface area contributed by atoms with E-state index in [9.17, 15) is 0 Å². The molecule has 0 aliphatic heterocycles. The molecule has 2 rings (SSSR count). The molecular formula is C14H14N. The van der Waals surface area contributed by atoms with Crippen LogP contribution in [0.15, 0.2) is 48.5 Å². The molecule has 0 amide bonds. The van der Waals surface area contributed by atoms with Gasteiger partial charge in [0.1, 0.15) is 0 Å². The van der Waals surface area contributed by atoms with Crippen LogP contribution in [0.2, 0.25) is 0 Å². The summed E-state index contributed by atoms with van der Waals surface area (Å²) in [6, 6.07) is 19.3. The fraction of sp³-hybridized carbons (Fsp3) is 0.143. The van der Waals surface area contributed by atoms with Crippen molar-refractivity contribution in [1.82, 2.24) is 0 Å². The average Bonchev–Trinajstić information content (AvgIpc) is 2.31. The van der Waals surface area contributed by atoms with Crippen molar-refractivity contribution in [3.8, 4) is 0 Å². The second kappa shape index (κ2) is 4.65. The maximum absolute atomic E-state index is 3.34. The zero-order valence-electron chi connectivity index (χ0n) is 8.83. The van der Waals surface area contributed by atoms with Crippen molar-refractivity contribution in [2.24, 2.45) is 0 Å². The Morgan fingerprint density at radius 3 is 2.13 bits per heavy atom. The van der Waals surface area contributed by atoms with E-state index in [-0.39, 0.29) is 0 Å². The summed E-state index contributed by atoms with van der Waals surface area (Å²) in [5.74, 6) is 0. The Balaban J connectivity index is 2.11. The molecular weight excluding hydrogens is 182 g/mol. The monoisotopic (exact) mass is 196 g/mol. The number of hydrogen-bond donors (Lipinski definition) is 1. The summed E-state index contributed by atoms with van der Waals surface area (Å²) in [4.78, 5) is 0. The lowest BCUT2D eigenvalue weighted by Crippen LogP contribution is -1.89. The highest BCUT2D eigenvalue weighted by atomic mass is 14.9. The van der Waals surface area contributed by atoms with Gasteiger partial charge in [-0.05, 0) is 42.3 Å². The summed E-state index contributed by atoms with van der Waals surface area (Å²) in [6.07, 6.45) is 1.08. The highest BCUT2D eigenvalue weighted by molar-refractivity contribution is 5.59. The van der Waals surface area contributed by atoms with Crippen molar-refractivity contribution >= 4 is 11.4 Å². The van der Waals surface area contributed by atoms with Gasteiger partial charge < -0.3 is 5.32 Å². The van der Waals surface area contributed by atoms with Crippen LogP contribution in [0, 0.1) is 6.07 Å². The molecule has 0 saturated heterocycles. The maximum atomic E-state index is 3.34. The van der Waals surface area contributed by atoms with Crippen molar-refractivity contribution in [3.05, 3.63) is 60.2 Å². The highest BCUT2D eigenvalue weighted by Gasteiger charge is 1.93. The van der Waals surface area contributed by atoms with Crippen LogP contribution in [0.25, 0.3) is 0 Å². The Morgan fingerprint density at radius 2 is 1.53 bits per heavy atom. The van der Waals surface area contributed by atoms with Crippen molar-refractivity contribution in [2.75, 3.05) is 5.32 Å². The molecule has 0 saturated carbocycles. The first kappa shape index (κ1) is 9.78. The minimum Gasteiger partial charge on any atom is -0.356 e. The van der Waals surface area contributed by atoms with Crippen LogP contribution in [-0.2, 0) is 6.42 Å². The van der Waals surface area contributed by atoms with Crippen LogP contribution in [0.3, 0.4) is 0 Å². The van der Waals surface area contributed by atoms with Crippen molar-refractivity contribution in [3.63, 3.8) is 0 Å². The van der Waals surface area contributed by atoms with E-state index >= 15 is 0 Å². The number of nitrogens with one attached hydrogen (secondary N) is 1. The lowest BCUT2D eigenvalue weighted by Gasteiger charge is -2.06. The quantitative estimate of drug-likeness (QED) is 0.787. The van der Waals surface area contributed by atoms with E-state index in [1.165, 1.54) is 5.56 Å². The Bertz CT molecular complexity index is 403. The second-order valence-electron chi connectivity index (χ2n) is 3.46. The van der Waals surface area contributed by atoms with Gasteiger partial charge >= 0.3 is 0 Å². The Kier molecular flexibility index (Phi) is 3.03. The third-order valence-electron chi connectivity index (χ3n) is 2.37. The second-order valence-corrected chi connectivity index (χ2v) is 3.46. The topological polar surface area (TPSA) is 12.0 Å². The molecule has 1 radical (unpaired) electrons. The molecule has 0 atom stereocenters. The summed E-state index contributed by atoms with van der Waals surface area (Å²) in [7, 11) is 0. The normalized spacial score (nSPS) is 9.93. The van der Waals surface area contributed by atoms with Gasteiger partial charge in [0, 0.05) is 11.4 Å². The minimum atomic E-state index is 1.08. The fourth-order valence-electron chi connectivity index (χ4n) is 1.46. The van der Waals surface area contributed by atoms with Gasteiger partial charge in [0.2, 0.25) is 0 Å². The zero-order valence-corrected chi connectivity index (χ0v) is 8.83. The number of aryl methyl sites for hydroxylation is 1. The third kappa shape index (κ3) is 2.59. The largest absolute Gasteiger partial charge is 0.356 e. The number of benzene rings is 2. The van der Waals surface area contributed by atoms with Crippen LogP contribution in [0.5, 0.6) is 0 Å². The van der Waals surface area contributed by atoms with E-state index in [0.29, 0.717) is 0 Å². The molecule has 0 fully saturated rings. The molecule has 2 aromatic carbocycles. The highest BCUT2D eigenvalue weighted by Crippen LogP contribution is 2.16. The first-order chi connectivity index (χ1) is 7.38. The van der Waals surface area contributed by atoms with Gasteiger partial charge in [-0.3, -0.25) is 0 Å². The van der Waals surface area contributed by atoms with E-state index in [4.69, 9.17) is 0 Å². The Labute approximate surface area is 90.8 Å². The predicted octanol–water partition coefficient (Wildman–Crippen LogP) is 3.79. The molecule has 0 spiro atoms. The van der Waals surface area contributed by atoms with Gasteiger partial charge in [0.05, 0.1) is 0 Å². The summed E-state index contributed by atoms with van der Waals surface area (Å²) in [5.41, 5.74) is 3.58. The van der Waals surface area contributed by atoms with Gasteiger partial charge in [-0.15, -0.1) is 0 Å². The lowest BCUT2D eigenvalue weighted by atomic mass is 10.1. The van der Waals surface area contributed by atoms with Crippen LogP contribution in [0.4, 0.5) is 11.4 Å². The van der Waals surface area contributed by atoms with Gasteiger partial charge in [-0.2, -0.15) is 0 Å². The van der Waals surface area contributed by atoms with Crippen LogP contribution in [-0.4, -0.2) is 0 Å². The summed E-state index contributed by atoms with van der Waals surface area (Å²) >= 11 is 0. The third-order valence-corrected chi connectivity index (χ3v) is 2.37. The molecule has 2 aromatic rings. The minimum absolute atomic E-state index is 1.08. The molecule has 1 nitrogen and oxygen atoms in total. The first-order valence-corrected chi connectivity index (χ1v) is 5.20. The SMILES string of the molecule is CCc1ccc(Nc2cc[c]cc2)cc1. The molecule has 0 heterocycles. The lowest BCUT2D eigenvalue weighted by molar-refractivity contribution is 1.14. The number of hydrogen-bond acceptors (Lipinski definition) is 1. The van der Waals surface area contributed by atoms with Gasteiger partial charge in [0.15, 0.2) is 0 Å². The molecule has 0 bridgehead atoms. The fourth-order valence-corrected chi connectivity index (χ4v) is 1.46. The van der Waals surface area contributed by atoms with Gasteiger partial charge in [-0.1, -0.05) is 31.2 Å². The van der Waals surface area contributed by atoms with Crippen molar-refractivity contribution < 1.29 is 0 Å². The number of anilines is 2. The van der Waals surface area contributed by atoms with Crippen LogP contribution >= 0.6 is 0 Å². The summed E-state index contributed by atoms with van der Waals surface area (Å²) in [6.45, 7) is 2.16. The van der Waals surface area contributed by atoms with E-state index in [2.05, 4.69) is 42.6 Å². The molecule has 0 aliphatic carbocycles. The van der Waals surface area contributed by atoms with Crippen LogP contribution < -0.4 is 5.32 Å². The van der Waals surface area contributed by atoms with Crippen molar-refractivity contribution in [2.45, 2.75) is 13.3 Å². The molecule has 15 heavy (non-hydrogen) atoms. The van der Waals surface area contributed by atoms with E-state index in [1.54, 1.807) is 0 Å². The summed E-state index contributed by atoms with van der Waals surface area (Å²) < 4.78 is 0. The standard InChI is InChI=1S/C14H14N/c1-2-12-8-10-14(11-9-12)15-13-6-4-3-5-7-13/h4-11,15H,2H2,1H3. The zero-order chi connectivity index (χ0) is 10.5. The van der Waals surface area contributed by atoms with E-state index in [1.807, 2.05) is 24.3 Å². The molecule has 1 N–H and O–H groups in total. The van der Waals surface area contributed by atoms with Gasteiger partial charge in [-0.25, -0.2) is 0 Å². The smallest absolute Gasteiger partial charge is 0.0384 e. The first-order valence-electron chi connectivity index (χ1n) is 5.20. The van der Waals surface area contributed by atoms with Gasteiger partial charge in [0.25, 0.3) is 0 Å². The molecule has 1 heteroatoms. The molecule has 0 aliphatic rings.